The van der Waals surface area contributed by atoms with E-state index in [1.54, 1.807) is 24.5 Å². The Bertz CT molecular complexity index is 828. The molecular formula is C21H25FN2O3. The predicted octanol–water partition coefficient (Wildman–Crippen LogP) is 4.83. The molecule has 1 aromatic heterocycles. The SMILES string of the molecule is CC(C)(C)CN(C(=O)O)C1(COc2cncc(-c3cccc(F)c3)c2)CC1. The third-order valence-electron chi connectivity index (χ3n) is 4.64. The average Bonchev–Trinajstić information content (AvgIpc) is 3.38. The second kappa shape index (κ2) is 7.18. The number of benzene rings is 1. The number of ether oxygens (including phenoxy) is 1. The number of carbonyl (C=O) groups is 1. The Balaban J connectivity index is 1.73. The van der Waals surface area contributed by atoms with Crippen LogP contribution in [0.25, 0.3) is 11.1 Å². The number of nitrogens with zero attached hydrogens (tertiary/aromatic N) is 2. The van der Waals surface area contributed by atoms with Crippen molar-refractivity contribution in [3.8, 4) is 16.9 Å². The highest BCUT2D eigenvalue weighted by Crippen LogP contribution is 2.43. The molecule has 1 fully saturated rings. The molecule has 0 unspecified atom stereocenters. The molecule has 0 radical (unpaired) electrons. The summed E-state index contributed by atoms with van der Waals surface area (Å²) in [7, 11) is 0. The summed E-state index contributed by atoms with van der Waals surface area (Å²) in [6.45, 7) is 6.79. The molecule has 0 saturated heterocycles. The van der Waals surface area contributed by atoms with E-state index in [1.165, 1.54) is 17.0 Å². The number of carboxylic acid groups (broad SMARTS) is 1. The van der Waals surface area contributed by atoms with Gasteiger partial charge in [0.05, 0.1) is 11.7 Å². The van der Waals surface area contributed by atoms with Gasteiger partial charge in [-0.15, -0.1) is 0 Å². The molecule has 0 atom stereocenters. The van der Waals surface area contributed by atoms with Gasteiger partial charge >= 0.3 is 6.09 Å². The van der Waals surface area contributed by atoms with E-state index in [-0.39, 0.29) is 17.8 Å². The fourth-order valence-corrected chi connectivity index (χ4v) is 3.09. The molecule has 2 aromatic rings. The molecule has 1 heterocycles. The standard InChI is InChI=1S/C21H25FN2O3/c1-20(2,3)13-24(19(25)26)21(7-8-21)14-27-18-10-16(11-23-12-18)15-5-4-6-17(22)9-15/h4-6,9-12H,7-8,13-14H2,1-3H3,(H,25,26). The summed E-state index contributed by atoms with van der Waals surface area (Å²) in [5.41, 5.74) is 0.858. The van der Waals surface area contributed by atoms with Gasteiger partial charge in [-0.25, -0.2) is 9.18 Å². The Morgan fingerprint density at radius 3 is 2.59 bits per heavy atom. The largest absolute Gasteiger partial charge is 0.490 e. The lowest BCUT2D eigenvalue weighted by atomic mass is 9.95. The van der Waals surface area contributed by atoms with Gasteiger partial charge < -0.3 is 9.84 Å². The molecule has 1 aliphatic rings. The summed E-state index contributed by atoms with van der Waals surface area (Å²) in [5, 5.41) is 9.65. The van der Waals surface area contributed by atoms with Gasteiger partial charge in [-0.05, 0) is 42.0 Å². The number of hydrogen-bond acceptors (Lipinski definition) is 3. The highest BCUT2D eigenvalue weighted by atomic mass is 19.1. The van der Waals surface area contributed by atoms with Gasteiger partial charge in [0.2, 0.25) is 0 Å². The van der Waals surface area contributed by atoms with Crippen LogP contribution >= 0.6 is 0 Å². The summed E-state index contributed by atoms with van der Waals surface area (Å²) >= 11 is 0. The molecule has 3 rings (SSSR count). The van der Waals surface area contributed by atoms with Crippen molar-refractivity contribution in [1.82, 2.24) is 9.88 Å². The van der Waals surface area contributed by atoms with Crippen LogP contribution in [-0.2, 0) is 0 Å². The van der Waals surface area contributed by atoms with Crippen molar-refractivity contribution in [2.45, 2.75) is 39.2 Å². The van der Waals surface area contributed by atoms with E-state index >= 15 is 0 Å². The van der Waals surface area contributed by atoms with Crippen LogP contribution in [0.3, 0.4) is 0 Å². The molecule has 144 valence electrons. The highest BCUT2D eigenvalue weighted by molar-refractivity contribution is 5.67. The van der Waals surface area contributed by atoms with Crippen LogP contribution < -0.4 is 4.74 Å². The van der Waals surface area contributed by atoms with Crippen LogP contribution in [0.1, 0.15) is 33.6 Å². The number of rotatable bonds is 6. The minimum Gasteiger partial charge on any atom is -0.490 e. The number of hydrogen-bond donors (Lipinski definition) is 1. The molecule has 0 bridgehead atoms. The first-order chi connectivity index (χ1) is 12.7. The van der Waals surface area contributed by atoms with Crippen molar-refractivity contribution < 1.29 is 19.0 Å². The van der Waals surface area contributed by atoms with Crippen molar-refractivity contribution in [2.24, 2.45) is 5.41 Å². The molecule has 1 N–H and O–H groups in total. The third-order valence-corrected chi connectivity index (χ3v) is 4.64. The second-order valence-electron chi connectivity index (χ2n) is 8.36. The Labute approximate surface area is 158 Å². The predicted molar refractivity (Wildman–Crippen MR) is 101 cm³/mol. The summed E-state index contributed by atoms with van der Waals surface area (Å²) in [5.74, 6) is 0.235. The van der Waals surface area contributed by atoms with Gasteiger partial charge in [0.15, 0.2) is 0 Å². The molecule has 0 aliphatic heterocycles. The minimum absolute atomic E-state index is 0.132. The zero-order valence-corrected chi connectivity index (χ0v) is 15.9. The van der Waals surface area contributed by atoms with Crippen LogP contribution in [0.5, 0.6) is 5.75 Å². The molecule has 1 aliphatic carbocycles. The van der Waals surface area contributed by atoms with Gasteiger partial charge in [0, 0.05) is 18.3 Å². The summed E-state index contributed by atoms with van der Waals surface area (Å²) < 4.78 is 19.4. The normalized spacial score (nSPS) is 15.3. The average molecular weight is 372 g/mol. The molecule has 1 amide bonds. The lowest BCUT2D eigenvalue weighted by Gasteiger charge is -2.34. The van der Waals surface area contributed by atoms with Crippen molar-refractivity contribution in [3.63, 3.8) is 0 Å². The van der Waals surface area contributed by atoms with Crippen LogP contribution in [0.4, 0.5) is 9.18 Å². The molecule has 6 heteroatoms. The highest BCUT2D eigenvalue weighted by Gasteiger charge is 2.52. The molecule has 1 saturated carbocycles. The Morgan fingerprint density at radius 2 is 2.00 bits per heavy atom. The Hall–Kier alpha value is -2.63. The zero-order chi connectivity index (χ0) is 19.7. The molecule has 5 nitrogen and oxygen atoms in total. The van der Waals surface area contributed by atoms with Crippen molar-refractivity contribution >= 4 is 6.09 Å². The van der Waals surface area contributed by atoms with Gasteiger partial charge in [0.25, 0.3) is 0 Å². The maximum Gasteiger partial charge on any atom is 0.407 e. The maximum absolute atomic E-state index is 13.5. The first kappa shape index (κ1) is 19.1. The van der Waals surface area contributed by atoms with Crippen LogP contribution in [0.2, 0.25) is 0 Å². The number of aromatic nitrogens is 1. The lowest BCUT2D eigenvalue weighted by Crippen LogP contribution is -2.48. The van der Waals surface area contributed by atoms with E-state index in [4.69, 9.17) is 4.74 Å². The first-order valence-electron chi connectivity index (χ1n) is 9.03. The zero-order valence-electron chi connectivity index (χ0n) is 15.9. The number of amides is 1. The fraction of sp³-hybridized carbons (Fsp3) is 0.429. The van der Waals surface area contributed by atoms with E-state index in [0.717, 1.165) is 18.4 Å². The topological polar surface area (TPSA) is 62.7 Å². The maximum atomic E-state index is 13.5. The number of pyridine rings is 1. The first-order valence-corrected chi connectivity index (χ1v) is 9.03. The van der Waals surface area contributed by atoms with Crippen LogP contribution in [0, 0.1) is 11.2 Å². The minimum atomic E-state index is -0.919. The summed E-state index contributed by atoms with van der Waals surface area (Å²) in [4.78, 5) is 17.5. The Morgan fingerprint density at radius 1 is 1.26 bits per heavy atom. The lowest BCUT2D eigenvalue weighted by molar-refractivity contribution is 0.0719. The smallest absolute Gasteiger partial charge is 0.407 e. The number of halogens is 1. The van der Waals surface area contributed by atoms with Crippen molar-refractivity contribution in [1.29, 1.82) is 0 Å². The molecule has 27 heavy (non-hydrogen) atoms. The van der Waals surface area contributed by atoms with E-state index in [2.05, 4.69) is 4.98 Å². The fourth-order valence-electron chi connectivity index (χ4n) is 3.09. The third kappa shape index (κ3) is 4.76. The van der Waals surface area contributed by atoms with Crippen LogP contribution in [-0.4, -0.2) is 39.8 Å². The van der Waals surface area contributed by atoms with Crippen LogP contribution in [0.15, 0.2) is 42.7 Å². The second-order valence-corrected chi connectivity index (χ2v) is 8.36. The van der Waals surface area contributed by atoms with Crippen molar-refractivity contribution in [2.75, 3.05) is 13.2 Å². The summed E-state index contributed by atoms with van der Waals surface area (Å²) in [6.07, 6.45) is 3.89. The Kier molecular flexibility index (Phi) is 5.09. The summed E-state index contributed by atoms with van der Waals surface area (Å²) in [6, 6.07) is 8.09. The van der Waals surface area contributed by atoms with Gasteiger partial charge in [0.1, 0.15) is 18.2 Å². The quantitative estimate of drug-likeness (QED) is 0.789. The van der Waals surface area contributed by atoms with E-state index in [0.29, 0.717) is 17.9 Å². The molecule has 0 spiro atoms. The van der Waals surface area contributed by atoms with Gasteiger partial charge in [-0.1, -0.05) is 32.9 Å². The molecular weight excluding hydrogens is 347 g/mol. The van der Waals surface area contributed by atoms with E-state index < -0.39 is 11.6 Å². The van der Waals surface area contributed by atoms with E-state index in [9.17, 15) is 14.3 Å². The van der Waals surface area contributed by atoms with Crippen molar-refractivity contribution in [3.05, 3.63) is 48.5 Å². The monoisotopic (exact) mass is 372 g/mol. The van der Waals surface area contributed by atoms with E-state index in [1.807, 2.05) is 26.8 Å². The van der Waals surface area contributed by atoms with Gasteiger partial charge in [-0.2, -0.15) is 0 Å². The molecule has 1 aromatic carbocycles. The van der Waals surface area contributed by atoms with Gasteiger partial charge in [-0.3, -0.25) is 9.88 Å².